The van der Waals surface area contributed by atoms with E-state index in [2.05, 4.69) is 4.72 Å². The van der Waals surface area contributed by atoms with Crippen LogP contribution in [-0.4, -0.2) is 60.8 Å². The second-order valence-corrected chi connectivity index (χ2v) is 8.72. The lowest BCUT2D eigenvalue weighted by atomic mass is 10.1. The van der Waals surface area contributed by atoms with Crippen LogP contribution in [-0.2, 0) is 24.1 Å². The maximum absolute atomic E-state index is 12.7. The summed E-state index contributed by atoms with van der Waals surface area (Å²) < 4.78 is 27.4. The van der Waals surface area contributed by atoms with Gasteiger partial charge in [-0.1, -0.05) is 0 Å². The molecule has 1 saturated heterocycles. The van der Waals surface area contributed by atoms with Crippen LogP contribution >= 0.6 is 0 Å². The summed E-state index contributed by atoms with van der Waals surface area (Å²) >= 11 is 0. The number of anilines is 2. The predicted octanol–water partition coefficient (Wildman–Crippen LogP) is -0.582. The quantitative estimate of drug-likeness (QED) is 0.707. The standard InChI is InChI=1S/C18H23N5O5S/c1-20-15(12-16(24)21(2)18(20)26)22-8-10-23(11-9-22)17(25)13-4-6-14(7-5-13)19-29(3,27)28/h4-7,12,19H,8-11H2,1-3H3. The number of benzene rings is 1. The molecular weight excluding hydrogens is 398 g/mol. The van der Waals surface area contributed by atoms with E-state index in [4.69, 9.17) is 0 Å². The topological polar surface area (TPSA) is 114 Å². The van der Waals surface area contributed by atoms with Crippen molar-refractivity contribution in [2.75, 3.05) is 42.1 Å². The molecule has 0 unspecified atom stereocenters. The maximum atomic E-state index is 12.7. The summed E-state index contributed by atoms with van der Waals surface area (Å²) in [4.78, 5) is 40.4. The zero-order chi connectivity index (χ0) is 21.3. The lowest BCUT2D eigenvalue weighted by molar-refractivity contribution is 0.0746. The Hall–Kier alpha value is -3.08. The minimum absolute atomic E-state index is 0.159. The first-order chi connectivity index (χ1) is 13.6. The molecule has 0 atom stereocenters. The van der Waals surface area contributed by atoms with E-state index in [1.165, 1.54) is 17.7 Å². The Labute approximate surface area is 168 Å². The van der Waals surface area contributed by atoms with Gasteiger partial charge in [-0.15, -0.1) is 0 Å². The van der Waals surface area contributed by atoms with Crippen molar-refractivity contribution in [2.24, 2.45) is 14.1 Å². The predicted molar refractivity (Wildman–Crippen MR) is 110 cm³/mol. The van der Waals surface area contributed by atoms with Gasteiger partial charge in [0.2, 0.25) is 10.0 Å². The number of carbonyl (C=O) groups excluding carboxylic acids is 1. The molecule has 1 amide bonds. The molecule has 0 aliphatic carbocycles. The highest BCUT2D eigenvalue weighted by atomic mass is 32.2. The first-order valence-corrected chi connectivity index (χ1v) is 10.8. The summed E-state index contributed by atoms with van der Waals surface area (Å²) in [6, 6.07) is 7.66. The number of nitrogens with zero attached hydrogens (tertiary/aromatic N) is 4. The van der Waals surface area contributed by atoms with Crippen molar-refractivity contribution >= 4 is 27.4 Å². The Morgan fingerprint density at radius 3 is 2.10 bits per heavy atom. The highest BCUT2D eigenvalue weighted by Crippen LogP contribution is 2.16. The Kier molecular flexibility index (Phi) is 5.51. The molecule has 1 aliphatic heterocycles. The fourth-order valence-electron chi connectivity index (χ4n) is 3.24. The highest BCUT2D eigenvalue weighted by molar-refractivity contribution is 7.92. The van der Waals surface area contributed by atoms with Gasteiger partial charge in [0.15, 0.2) is 0 Å². The number of rotatable bonds is 4. The highest BCUT2D eigenvalue weighted by Gasteiger charge is 2.24. The largest absolute Gasteiger partial charge is 0.354 e. The Morgan fingerprint density at radius 2 is 1.55 bits per heavy atom. The molecule has 0 bridgehead atoms. The van der Waals surface area contributed by atoms with Crippen LogP contribution < -0.4 is 20.9 Å². The molecule has 1 N–H and O–H groups in total. The Morgan fingerprint density at radius 1 is 0.966 bits per heavy atom. The van der Waals surface area contributed by atoms with Crippen LogP contribution in [0.5, 0.6) is 0 Å². The van der Waals surface area contributed by atoms with E-state index < -0.39 is 15.7 Å². The molecule has 2 heterocycles. The van der Waals surface area contributed by atoms with Crippen molar-refractivity contribution in [3.63, 3.8) is 0 Å². The molecule has 2 aromatic rings. The smallest absolute Gasteiger partial charge is 0.332 e. The third-order valence-corrected chi connectivity index (χ3v) is 5.43. The number of carbonyl (C=O) groups is 1. The van der Waals surface area contributed by atoms with Crippen molar-refractivity contribution in [1.29, 1.82) is 0 Å². The molecule has 0 saturated carbocycles. The summed E-state index contributed by atoms with van der Waals surface area (Å²) in [6.45, 7) is 1.84. The van der Waals surface area contributed by atoms with Gasteiger partial charge in [0.1, 0.15) is 5.82 Å². The van der Waals surface area contributed by atoms with Gasteiger partial charge in [-0.2, -0.15) is 0 Å². The van der Waals surface area contributed by atoms with Gasteiger partial charge in [0.25, 0.3) is 11.5 Å². The van der Waals surface area contributed by atoms with E-state index in [-0.39, 0.29) is 11.5 Å². The second kappa shape index (κ2) is 7.74. The molecule has 1 aromatic carbocycles. The average Bonchev–Trinajstić information content (AvgIpc) is 2.68. The lowest BCUT2D eigenvalue weighted by Crippen LogP contribution is -2.51. The number of hydrogen-bond acceptors (Lipinski definition) is 6. The summed E-state index contributed by atoms with van der Waals surface area (Å²) in [5.74, 6) is 0.370. The molecule has 1 aromatic heterocycles. The SMILES string of the molecule is Cn1c(N2CCN(C(=O)c3ccc(NS(C)(=O)=O)cc3)CC2)cc(=O)n(C)c1=O. The van der Waals surface area contributed by atoms with Crippen LogP contribution in [0.3, 0.4) is 0 Å². The van der Waals surface area contributed by atoms with Crippen LogP contribution in [0.2, 0.25) is 0 Å². The minimum atomic E-state index is -3.37. The van der Waals surface area contributed by atoms with E-state index in [1.54, 1.807) is 36.2 Å². The number of aromatic nitrogens is 2. The monoisotopic (exact) mass is 421 g/mol. The van der Waals surface area contributed by atoms with Gasteiger partial charge in [0.05, 0.1) is 6.26 Å². The van der Waals surface area contributed by atoms with E-state index in [0.29, 0.717) is 43.2 Å². The van der Waals surface area contributed by atoms with Crippen LogP contribution in [0.4, 0.5) is 11.5 Å². The van der Waals surface area contributed by atoms with Gasteiger partial charge in [-0.25, -0.2) is 13.2 Å². The van der Waals surface area contributed by atoms with Gasteiger partial charge >= 0.3 is 5.69 Å². The molecule has 10 nitrogen and oxygen atoms in total. The average molecular weight is 421 g/mol. The number of hydrogen-bond donors (Lipinski definition) is 1. The fraction of sp³-hybridized carbons (Fsp3) is 0.389. The molecule has 3 rings (SSSR count). The Bertz CT molecular complexity index is 1140. The van der Waals surface area contributed by atoms with E-state index in [9.17, 15) is 22.8 Å². The molecule has 29 heavy (non-hydrogen) atoms. The normalized spacial score (nSPS) is 14.7. The van der Waals surface area contributed by atoms with Crippen molar-refractivity contribution in [3.05, 3.63) is 56.7 Å². The van der Waals surface area contributed by atoms with Crippen LogP contribution in [0.25, 0.3) is 0 Å². The van der Waals surface area contributed by atoms with Crippen molar-refractivity contribution in [3.8, 4) is 0 Å². The van der Waals surface area contributed by atoms with Crippen LogP contribution in [0, 0.1) is 0 Å². The fourth-order valence-corrected chi connectivity index (χ4v) is 3.81. The van der Waals surface area contributed by atoms with E-state index in [1.807, 2.05) is 4.90 Å². The number of amides is 1. The van der Waals surface area contributed by atoms with E-state index in [0.717, 1.165) is 10.8 Å². The van der Waals surface area contributed by atoms with Gasteiger partial charge in [-0.05, 0) is 24.3 Å². The van der Waals surface area contributed by atoms with Crippen LogP contribution in [0.1, 0.15) is 10.4 Å². The summed E-state index contributed by atoms with van der Waals surface area (Å²) in [5, 5.41) is 0. The van der Waals surface area contributed by atoms with Gasteiger partial charge < -0.3 is 9.80 Å². The number of nitrogens with one attached hydrogen (secondary N) is 1. The Balaban J connectivity index is 1.69. The van der Waals surface area contributed by atoms with E-state index >= 15 is 0 Å². The van der Waals surface area contributed by atoms with Crippen molar-refractivity contribution < 1.29 is 13.2 Å². The first-order valence-electron chi connectivity index (χ1n) is 8.96. The molecule has 0 radical (unpaired) electrons. The summed E-state index contributed by atoms with van der Waals surface area (Å²) in [6.07, 6.45) is 1.06. The van der Waals surface area contributed by atoms with Gasteiger partial charge in [-0.3, -0.25) is 23.4 Å². The zero-order valence-electron chi connectivity index (χ0n) is 16.5. The van der Waals surface area contributed by atoms with Crippen molar-refractivity contribution in [2.45, 2.75) is 0 Å². The second-order valence-electron chi connectivity index (χ2n) is 6.97. The molecule has 156 valence electrons. The number of piperazine rings is 1. The summed E-state index contributed by atoms with van der Waals surface area (Å²) in [7, 11) is -0.330. The molecule has 1 aliphatic rings. The molecule has 0 spiro atoms. The third-order valence-electron chi connectivity index (χ3n) is 4.83. The summed E-state index contributed by atoms with van der Waals surface area (Å²) in [5.41, 5.74) is 0.0807. The zero-order valence-corrected chi connectivity index (χ0v) is 17.3. The lowest BCUT2D eigenvalue weighted by Gasteiger charge is -2.36. The number of sulfonamides is 1. The first kappa shape index (κ1) is 20.6. The molecule has 11 heteroatoms. The van der Waals surface area contributed by atoms with Crippen molar-refractivity contribution in [1.82, 2.24) is 14.0 Å². The van der Waals surface area contributed by atoms with Gasteiger partial charge in [0, 0.05) is 57.6 Å². The molecular formula is C18H23N5O5S. The minimum Gasteiger partial charge on any atom is -0.354 e. The third kappa shape index (κ3) is 4.50. The maximum Gasteiger partial charge on any atom is 0.332 e. The molecule has 1 fully saturated rings. The van der Waals surface area contributed by atoms with Crippen LogP contribution in [0.15, 0.2) is 39.9 Å².